The molecule has 0 atom stereocenters. The van der Waals surface area contributed by atoms with Crippen LogP contribution >= 0.6 is 0 Å². The van der Waals surface area contributed by atoms with Crippen molar-refractivity contribution in [3.8, 4) is 0 Å². The van der Waals surface area contributed by atoms with Gasteiger partial charge in [0.15, 0.2) is 0 Å². The van der Waals surface area contributed by atoms with E-state index in [1.54, 1.807) is 23.0 Å². The third kappa shape index (κ3) is 2.93. The number of rotatable bonds is 5. The summed E-state index contributed by atoms with van der Waals surface area (Å²) in [6.07, 6.45) is 3.88. The van der Waals surface area contributed by atoms with Gasteiger partial charge in [-0.15, -0.1) is 0 Å². The van der Waals surface area contributed by atoms with Gasteiger partial charge in [0.2, 0.25) is 0 Å². The molecule has 7 heteroatoms. The van der Waals surface area contributed by atoms with Crippen molar-refractivity contribution in [2.75, 3.05) is 10.5 Å². The van der Waals surface area contributed by atoms with Gasteiger partial charge in [-0.3, -0.25) is 9.40 Å². The minimum Gasteiger partial charge on any atom is -0.398 e. The molecule has 6 nitrogen and oxygen atoms in total. The highest BCUT2D eigenvalue weighted by Gasteiger charge is 2.16. The number of anilines is 2. The molecule has 20 heavy (non-hydrogen) atoms. The van der Waals surface area contributed by atoms with Gasteiger partial charge in [-0.1, -0.05) is 13.0 Å². The van der Waals surface area contributed by atoms with Gasteiger partial charge in [0.05, 0.1) is 16.8 Å². The van der Waals surface area contributed by atoms with E-state index in [4.69, 9.17) is 5.73 Å². The quantitative estimate of drug-likeness (QED) is 0.823. The molecule has 0 aliphatic carbocycles. The normalized spacial score (nSPS) is 11.5. The molecule has 0 saturated heterocycles. The largest absolute Gasteiger partial charge is 0.398 e. The molecule has 1 aromatic carbocycles. The number of benzene rings is 1. The van der Waals surface area contributed by atoms with Gasteiger partial charge in [0, 0.05) is 18.4 Å². The van der Waals surface area contributed by atoms with Crippen LogP contribution < -0.4 is 10.5 Å². The summed E-state index contributed by atoms with van der Waals surface area (Å²) < 4.78 is 28.6. The Balaban J connectivity index is 2.28. The summed E-state index contributed by atoms with van der Waals surface area (Å²) in [7, 11) is -3.64. The van der Waals surface area contributed by atoms with Crippen molar-refractivity contribution in [2.45, 2.75) is 31.7 Å². The minimum absolute atomic E-state index is 0.149. The molecule has 0 bridgehead atoms. The number of sulfonamides is 1. The summed E-state index contributed by atoms with van der Waals surface area (Å²) in [5.74, 6) is 0. The van der Waals surface area contributed by atoms with Gasteiger partial charge in [-0.05, 0) is 31.0 Å². The molecule has 108 valence electrons. The maximum Gasteiger partial charge on any atom is 0.262 e. The van der Waals surface area contributed by atoms with E-state index in [0.29, 0.717) is 17.9 Å². The first-order valence-corrected chi connectivity index (χ1v) is 7.88. The first kappa shape index (κ1) is 14.4. The summed E-state index contributed by atoms with van der Waals surface area (Å²) in [5, 5.41) is 4.02. The van der Waals surface area contributed by atoms with E-state index >= 15 is 0 Å². The van der Waals surface area contributed by atoms with Gasteiger partial charge >= 0.3 is 0 Å². The van der Waals surface area contributed by atoms with Crippen molar-refractivity contribution >= 4 is 21.4 Å². The van der Waals surface area contributed by atoms with Crippen molar-refractivity contribution in [3.05, 3.63) is 36.2 Å². The Morgan fingerprint density at radius 2 is 2.10 bits per heavy atom. The van der Waals surface area contributed by atoms with Gasteiger partial charge in [0.25, 0.3) is 10.0 Å². The van der Waals surface area contributed by atoms with Crippen LogP contribution in [0.5, 0.6) is 0 Å². The van der Waals surface area contributed by atoms with Crippen LogP contribution in [-0.4, -0.2) is 18.2 Å². The molecule has 0 amide bonds. The van der Waals surface area contributed by atoms with Crippen LogP contribution in [0.2, 0.25) is 0 Å². The molecule has 0 aliphatic rings. The Morgan fingerprint density at radius 1 is 1.35 bits per heavy atom. The summed E-state index contributed by atoms with van der Waals surface area (Å²) in [6, 6.07) is 4.77. The minimum atomic E-state index is -3.64. The zero-order valence-electron chi connectivity index (χ0n) is 11.5. The summed E-state index contributed by atoms with van der Waals surface area (Å²) in [4.78, 5) is 0.149. The molecule has 0 fully saturated rings. The highest BCUT2D eigenvalue weighted by molar-refractivity contribution is 7.92. The smallest absolute Gasteiger partial charge is 0.262 e. The number of aromatic nitrogens is 2. The van der Waals surface area contributed by atoms with Crippen molar-refractivity contribution in [1.29, 1.82) is 0 Å². The van der Waals surface area contributed by atoms with E-state index in [2.05, 4.69) is 9.82 Å². The molecule has 1 aromatic heterocycles. The summed E-state index contributed by atoms with van der Waals surface area (Å²) >= 11 is 0. The number of nitrogen functional groups attached to an aromatic ring is 1. The lowest BCUT2D eigenvalue weighted by Crippen LogP contribution is -2.13. The predicted molar refractivity (Wildman–Crippen MR) is 78.9 cm³/mol. The standard InChI is InChI=1S/C13H18N4O2S/c1-3-10-5-6-12(7-13(10)14)20(18,19)16-11-8-15-17(4-2)9-11/h5-9,16H,3-4,14H2,1-2H3. The Bertz CT molecular complexity index is 707. The highest BCUT2D eigenvalue weighted by Crippen LogP contribution is 2.21. The van der Waals surface area contributed by atoms with Crippen LogP contribution in [0.25, 0.3) is 0 Å². The number of hydrogen-bond acceptors (Lipinski definition) is 4. The zero-order valence-corrected chi connectivity index (χ0v) is 12.3. The molecule has 2 rings (SSSR count). The van der Waals surface area contributed by atoms with E-state index in [0.717, 1.165) is 12.0 Å². The number of aryl methyl sites for hydroxylation is 2. The van der Waals surface area contributed by atoms with Crippen LogP contribution in [-0.2, 0) is 23.0 Å². The molecule has 0 radical (unpaired) electrons. The molecule has 2 aromatic rings. The molecule has 0 saturated carbocycles. The Hall–Kier alpha value is -2.02. The average Bonchev–Trinajstić information content (AvgIpc) is 2.85. The second-order valence-corrected chi connectivity index (χ2v) is 6.09. The predicted octanol–water partition coefficient (Wildman–Crippen LogP) is 1.85. The van der Waals surface area contributed by atoms with E-state index in [9.17, 15) is 8.42 Å². The third-order valence-corrected chi connectivity index (χ3v) is 4.40. The third-order valence-electron chi connectivity index (χ3n) is 3.02. The fourth-order valence-corrected chi connectivity index (χ4v) is 2.93. The molecule has 3 N–H and O–H groups in total. The van der Waals surface area contributed by atoms with Gasteiger partial charge in [-0.2, -0.15) is 5.10 Å². The van der Waals surface area contributed by atoms with Crippen LogP contribution in [0.4, 0.5) is 11.4 Å². The van der Waals surface area contributed by atoms with Gasteiger partial charge in [-0.25, -0.2) is 8.42 Å². The van der Waals surface area contributed by atoms with Crippen LogP contribution in [0.15, 0.2) is 35.5 Å². The Labute approximate surface area is 118 Å². The number of nitrogens with two attached hydrogens (primary N) is 1. The van der Waals surface area contributed by atoms with E-state index in [-0.39, 0.29) is 4.90 Å². The first-order chi connectivity index (χ1) is 9.46. The molecule has 1 heterocycles. The molecule has 0 aliphatic heterocycles. The van der Waals surface area contributed by atoms with Crippen LogP contribution in [0, 0.1) is 0 Å². The lowest BCUT2D eigenvalue weighted by molar-refractivity contribution is 0.601. The summed E-state index contributed by atoms with van der Waals surface area (Å²) in [5.41, 5.74) is 7.69. The van der Waals surface area contributed by atoms with Crippen molar-refractivity contribution < 1.29 is 8.42 Å². The van der Waals surface area contributed by atoms with Crippen molar-refractivity contribution in [3.63, 3.8) is 0 Å². The maximum absolute atomic E-state index is 12.2. The van der Waals surface area contributed by atoms with Crippen molar-refractivity contribution in [2.24, 2.45) is 0 Å². The average molecular weight is 294 g/mol. The number of nitrogens with zero attached hydrogens (tertiary/aromatic N) is 2. The number of nitrogens with one attached hydrogen (secondary N) is 1. The van der Waals surface area contributed by atoms with Crippen LogP contribution in [0.3, 0.4) is 0 Å². The zero-order chi connectivity index (χ0) is 14.8. The lowest BCUT2D eigenvalue weighted by Gasteiger charge is -2.08. The Kier molecular flexibility index (Phi) is 3.99. The van der Waals surface area contributed by atoms with Crippen molar-refractivity contribution in [1.82, 2.24) is 9.78 Å². The second kappa shape index (κ2) is 5.54. The van der Waals surface area contributed by atoms with Gasteiger partial charge < -0.3 is 5.73 Å². The topological polar surface area (TPSA) is 90.0 Å². The lowest BCUT2D eigenvalue weighted by atomic mass is 10.1. The van der Waals surface area contributed by atoms with E-state index in [1.165, 1.54) is 12.3 Å². The molecular weight excluding hydrogens is 276 g/mol. The molecule has 0 unspecified atom stereocenters. The summed E-state index contributed by atoms with van der Waals surface area (Å²) in [6.45, 7) is 4.58. The highest BCUT2D eigenvalue weighted by atomic mass is 32.2. The number of hydrogen-bond donors (Lipinski definition) is 2. The molecule has 0 spiro atoms. The second-order valence-electron chi connectivity index (χ2n) is 4.40. The van der Waals surface area contributed by atoms with E-state index in [1.807, 2.05) is 13.8 Å². The first-order valence-electron chi connectivity index (χ1n) is 6.40. The van der Waals surface area contributed by atoms with Gasteiger partial charge in [0.1, 0.15) is 0 Å². The van der Waals surface area contributed by atoms with E-state index < -0.39 is 10.0 Å². The fraction of sp³-hybridized carbons (Fsp3) is 0.308. The fourth-order valence-electron chi connectivity index (χ4n) is 1.87. The maximum atomic E-state index is 12.2. The Morgan fingerprint density at radius 3 is 2.65 bits per heavy atom. The monoisotopic (exact) mass is 294 g/mol. The SMILES string of the molecule is CCc1ccc(S(=O)(=O)Nc2cnn(CC)c2)cc1N. The molecular formula is C13H18N4O2S. The van der Waals surface area contributed by atoms with Crippen LogP contribution in [0.1, 0.15) is 19.4 Å².